The highest BCUT2D eigenvalue weighted by Crippen LogP contribution is 2.28. The van der Waals surface area contributed by atoms with Crippen molar-refractivity contribution in [1.82, 2.24) is 0 Å². The molecule has 6 heteroatoms. The Morgan fingerprint density at radius 1 is 0.400 bits per heavy atom. The summed E-state index contributed by atoms with van der Waals surface area (Å²) in [6.45, 7) is 1.08. The average molecular weight is 551 g/mol. The van der Waals surface area contributed by atoms with Crippen molar-refractivity contribution < 1.29 is 27.0 Å². The van der Waals surface area contributed by atoms with Gasteiger partial charge in [0.1, 0.15) is 34.8 Å². The van der Waals surface area contributed by atoms with E-state index in [0.717, 1.165) is 51.4 Å². The van der Waals surface area contributed by atoms with Crippen LogP contribution in [0.3, 0.4) is 0 Å². The van der Waals surface area contributed by atoms with Crippen LogP contribution >= 0.6 is 0 Å². The van der Waals surface area contributed by atoms with Gasteiger partial charge in [-0.05, 0) is 72.5 Å². The van der Waals surface area contributed by atoms with Crippen molar-refractivity contribution in [2.45, 2.75) is 51.4 Å². The van der Waals surface area contributed by atoms with Crippen LogP contribution < -0.4 is 9.47 Å². The first kappa shape index (κ1) is 29.2. The van der Waals surface area contributed by atoms with Crippen LogP contribution in [0.5, 0.6) is 11.5 Å². The monoisotopic (exact) mass is 550 g/mol. The molecule has 2 nitrogen and oxygen atoms in total. The van der Waals surface area contributed by atoms with E-state index in [4.69, 9.17) is 9.47 Å². The summed E-state index contributed by atoms with van der Waals surface area (Å²) in [5.41, 5.74) is 2.10. The average Bonchev–Trinajstić information content (AvgIpc) is 2.95. The predicted octanol–water partition coefficient (Wildman–Crippen LogP) is 10.2. The maximum absolute atomic E-state index is 14.4. The van der Waals surface area contributed by atoms with Gasteiger partial charge in [-0.15, -0.1) is 0 Å². The zero-order valence-corrected chi connectivity index (χ0v) is 22.5. The van der Waals surface area contributed by atoms with Gasteiger partial charge in [0.2, 0.25) is 0 Å². The summed E-state index contributed by atoms with van der Waals surface area (Å²) < 4.78 is 66.4. The van der Waals surface area contributed by atoms with Crippen molar-refractivity contribution in [1.29, 1.82) is 0 Å². The molecule has 0 bridgehead atoms. The van der Waals surface area contributed by atoms with Crippen molar-refractivity contribution in [3.8, 4) is 33.8 Å². The lowest BCUT2D eigenvalue weighted by Crippen LogP contribution is -1.99. The number of ether oxygens (including phenoxy) is 2. The van der Waals surface area contributed by atoms with Crippen LogP contribution in [-0.4, -0.2) is 13.2 Å². The second kappa shape index (κ2) is 15.1. The van der Waals surface area contributed by atoms with E-state index in [2.05, 4.69) is 0 Å². The molecule has 40 heavy (non-hydrogen) atoms. The minimum absolute atomic E-state index is 0.350. The fourth-order valence-electron chi connectivity index (χ4n) is 4.54. The second-order valence-electron chi connectivity index (χ2n) is 9.82. The summed E-state index contributed by atoms with van der Waals surface area (Å²) in [6, 6.07) is 21.1. The first-order chi connectivity index (χ1) is 19.5. The smallest absolute Gasteiger partial charge is 0.134 e. The molecule has 210 valence electrons. The number of rotatable bonds is 15. The molecular formula is C34H34F4O2. The summed E-state index contributed by atoms with van der Waals surface area (Å²) >= 11 is 0. The topological polar surface area (TPSA) is 18.5 Å². The van der Waals surface area contributed by atoms with Gasteiger partial charge >= 0.3 is 0 Å². The van der Waals surface area contributed by atoms with Crippen LogP contribution in [0.4, 0.5) is 17.6 Å². The molecule has 4 rings (SSSR count). The van der Waals surface area contributed by atoms with Crippen molar-refractivity contribution in [3.05, 3.63) is 108 Å². The van der Waals surface area contributed by atoms with E-state index >= 15 is 0 Å². The Labute approximate surface area is 233 Å². The van der Waals surface area contributed by atoms with Gasteiger partial charge in [0, 0.05) is 23.3 Å². The Morgan fingerprint density at radius 3 is 1.10 bits per heavy atom. The highest BCUT2D eigenvalue weighted by Gasteiger charge is 2.08. The third-order valence-electron chi connectivity index (χ3n) is 6.77. The van der Waals surface area contributed by atoms with Gasteiger partial charge in [-0.25, -0.2) is 17.6 Å². The summed E-state index contributed by atoms with van der Waals surface area (Å²) in [6.07, 6.45) is 8.47. The fraction of sp³-hybridized carbons (Fsp3) is 0.294. The predicted molar refractivity (Wildman–Crippen MR) is 152 cm³/mol. The van der Waals surface area contributed by atoms with Crippen LogP contribution in [0.1, 0.15) is 51.4 Å². The second-order valence-corrected chi connectivity index (χ2v) is 9.82. The molecule has 0 aliphatic rings. The highest BCUT2D eigenvalue weighted by atomic mass is 19.1. The van der Waals surface area contributed by atoms with E-state index in [-0.39, 0.29) is 23.3 Å². The summed E-state index contributed by atoms with van der Waals surface area (Å²) in [7, 11) is 0. The molecule has 4 aromatic carbocycles. The fourth-order valence-corrected chi connectivity index (χ4v) is 4.54. The van der Waals surface area contributed by atoms with Crippen LogP contribution in [0, 0.1) is 23.3 Å². The molecule has 0 aromatic heterocycles. The van der Waals surface area contributed by atoms with Gasteiger partial charge in [0.25, 0.3) is 0 Å². The zero-order valence-electron chi connectivity index (χ0n) is 22.5. The van der Waals surface area contributed by atoms with Gasteiger partial charge in [0.15, 0.2) is 0 Å². The molecule has 0 unspecified atom stereocenters. The third-order valence-corrected chi connectivity index (χ3v) is 6.77. The number of halogens is 4. The molecular weight excluding hydrogens is 516 g/mol. The van der Waals surface area contributed by atoms with Crippen molar-refractivity contribution in [3.63, 3.8) is 0 Å². The van der Waals surface area contributed by atoms with E-state index in [1.165, 1.54) is 36.4 Å². The SMILES string of the molecule is Fc1ccc(-c2ccc(OCCCCCCCCCCOc3ccc(-c4ccc(F)cc4)c(F)c3)cc2F)cc1. The maximum Gasteiger partial charge on any atom is 0.134 e. The van der Waals surface area contributed by atoms with Crippen LogP contribution in [-0.2, 0) is 0 Å². The lowest BCUT2D eigenvalue weighted by molar-refractivity contribution is 0.299. The molecule has 0 N–H and O–H groups in total. The summed E-state index contributed by atoms with van der Waals surface area (Å²) in [5, 5.41) is 0. The zero-order chi connectivity index (χ0) is 28.2. The van der Waals surface area contributed by atoms with E-state index < -0.39 is 0 Å². The largest absolute Gasteiger partial charge is 0.493 e. The van der Waals surface area contributed by atoms with Crippen LogP contribution in [0.25, 0.3) is 22.3 Å². The Hall–Kier alpha value is -3.80. The van der Waals surface area contributed by atoms with Gasteiger partial charge in [-0.2, -0.15) is 0 Å². The van der Waals surface area contributed by atoms with Crippen LogP contribution in [0.2, 0.25) is 0 Å². The van der Waals surface area contributed by atoms with E-state index in [1.807, 2.05) is 0 Å². The lowest BCUT2D eigenvalue weighted by Gasteiger charge is -2.09. The molecule has 0 amide bonds. The quantitative estimate of drug-likeness (QED) is 0.108. The number of benzene rings is 4. The standard InChI is InChI=1S/C34H34F4O2/c35-27-13-9-25(10-14-27)31-19-17-29(23-33(31)37)39-21-7-5-3-1-2-4-6-8-22-40-30-18-20-32(34(38)24-30)26-11-15-28(36)16-12-26/h9-20,23-24H,1-8,21-22H2. The van der Waals surface area contributed by atoms with E-state index in [1.54, 1.807) is 48.5 Å². The summed E-state index contributed by atoms with van der Waals surface area (Å²) in [5.74, 6) is -0.481. The molecule has 0 radical (unpaired) electrons. The Kier molecular flexibility index (Phi) is 11.0. The molecule has 4 aromatic rings. The Morgan fingerprint density at radius 2 is 0.750 bits per heavy atom. The number of unbranched alkanes of at least 4 members (excludes halogenated alkanes) is 7. The van der Waals surface area contributed by atoms with Gasteiger partial charge < -0.3 is 9.47 Å². The molecule has 0 fully saturated rings. The lowest BCUT2D eigenvalue weighted by atomic mass is 10.0. The van der Waals surface area contributed by atoms with E-state index in [9.17, 15) is 17.6 Å². The van der Waals surface area contributed by atoms with Gasteiger partial charge in [-0.1, -0.05) is 62.8 Å². The van der Waals surface area contributed by atoms with Crippen molar-refractivity contribution >= 4 is 0 Å². The van der Waals surface area contributed by atoms with Crippen molar-refractivity contribution in [2.24, 2.45) is 0 Å². The normalized spacial score (nSPS) is 11.0. The van der Waals surface area contributed by atoms with Crippen LogP contribution in [0.15, 0.2) is 84.9 Å². The molecule has 0 aliphatic carbocycles. The molecule has 0 spiro atoms. The summed E-state index contributed by atoms with van der Waals surface area (Å²) in [4.78, 5) is 0. The number of hydrogen-bond acceptors (Lipinski definition) is 2. The van der Waals surface area contributed by atoms with Crippen molar-refractivity contribution in [2.75, 3.05) is 13.2 Å². The molecule has 0 saturated carbocycles. The minimum atomic E-state index is -0.388. The number of hydrogen-bond donors (Lipinski definition) is 0. The maximum atomic E-state index is 14.4. The Balaban J connectivity index is 1.02. The highest BCUT2D eigenvalue weighted by molar-refractivity contribution is 5.65. The Bertz CT molecular complexity index is 1230. The third kappa shape index (κ3) is 8.87. The minimum Gasteiger partial charge on any atom is -0.493 e. The molecule has 0 aliphatic heterocycles. The first-order valence-corrected chi connectivity index (χ1v) is 13.9. The first-order valence-electron chi connectivity index (χ1n) is 13.9. The molecule has 0 heterocycles. The van der Waals surface area contributed by atoms with E-state index in [0.29, 0.717) is 47.0 Å². The van der Waals surface area contributed by atoms with Gasteiger partial charge in [0.05, 0.1) is 13.2 Å². The van der Waals surface area contributed by atoms with Gasteiger partial charge in [-0.3, -0.25) is 0 Å². The molecule has 0 atom stereocenters. The molecule has 0 saturated heterocycles.